The molecule has 6 nitrogen and oxygen atoms in total. The van der Waals surface area contributed by atoms with Crippen LogP contribution in [0.3, 0.4) is 0 Å². The zero-order valence-corrected chi connectivity index (χ0v) is 15.2. The summed E-state index contributed by atoms with van der Waals surface area (Å²) < 4.78 is 15.9. The second kappa shape index (κ2) is 7.84. The van der Waals surface area contributed by atoms with E-state index >= 15 is 0 Å². The molecule has 1 fully saturated rings. The molecule has 7 heteroatoms. The predicted octanol–water partition coefficient (Wildman–Crippen LogP) is 3.53. The number of nitrogens with one attached hydrogen (secondary N) is 1. The van der Waals surface area contributed by atoms with Crippen molar-refractivity contribution in [3.63, 3.8) is 0 Å². The van der Waals surface area contributed by atoms with Crippen LogP contribution in [-0.2, 0) is 6.54 Å². The third kappa shape index (κ3) is 3.83. The third-order valence-electron chi connectivity index (χ3n) is 4.98. The van der Waals surface area contributed by atoms with Crippen molar-refractivity contribution in [2.75, 3.05) is 25.0 Å². The van der Waals surface area contributed by atoms with Crippen molar-refractivity contribution in [2.45, 2.75) is 25.8 Å². The second-order valence-corrected chi connectivity index (χ2v) is 6.81. The maximum Gasteiger partial charge on any atom is 0.163 e. The molecule has 0 spiro atoms. The van der Waals surface area contributed by atoms with Crippen LogP contribution in [0.4, 0.5) is 10.2 Å². The number of hydrogen-bond acceptors (Lipinski definition) is 5. The topological polar surface area (TPSA) is 58.9 Å². The predicted molar refractivity (Wildman–Crippen MR) is 105 cm³/mol. The minimum absolute atomic E-state index is 0.322. The molecule has 1 saturated heterocycles. The maximum absolute atomic E-state index is 14.0. The lowest BCUT2D eigenvalue weighted by Crippen LogP contribution is -2.32. The first-order valence-electron chi connectivity index (χ1n) is 9.32. The summed E-state index contributed by atoms with van der Waals surface area (Å²) in [7, 11) is 0. The number of hydrogen-bond donors (Lipinski definition) is 1. The first-order valence-corrected chi connectivity index (χ1v) is 9.32. The fraction of sp³-hybridized carbons (Fsp3) is 0.350. The smallest absolute Gasteiger partial charge is 0.163 e. The Bertz CT molecular complexity index is 945. The highest BCUT2D eigenvalue weighted by molar-refractivity contribution is 5.90. The van der Waals surface area contributed by atoms with Gasteiger partial charge in [-0.25, -0.2) is 19.0 Å². The lowest BCUT2D eigenvalue weighted by Gasteiger charge is -2.26. The molecular weight excluding hydrogens is 343 g/mol. The van der Waals surface area contributed by atoms with Crippen molar-refractivity contribution in [3.05, 3.63) is 54.7 Å². The average Bonchev–Trinajstić information content (AvgIpc) is 3.12. The van der Waals surface area contributed by atoms with Gasteiger partial charge < -0.3 is 10.2 Å². The number of nitrogens with zero attached hydrogens (tertiary/aromatic N) is 5. The third-order valence-corrected chi connectivity index (χ3v) is 4.98. The van der Waals surface area contributed by atoms with E-state index in [1.165, 1.54) is 31.7 Å². The Morgan fingerprint density at radius 3 is 2.74 bits per heavy atom. The second-order valence-electron chi connectivity index (χ2n) is 6.81. The van der Waals surface area contributed by atoms with Crippen molar-refractivity contribution in [3.8, 4) is 0 Å². The van der Waals surface area contributed by atoms with E-state index in [9.17, 15) is 4.39 Å². The summed E-state index contributed by atoms with van der Waals surface area (Å²) in [4.78, 5) is 11.2. The van der Waals surface area contributed by atoms with Crippen molar-refractivity contribution in [2.24, 2.45) is 0 Å². The number of fused-ring (bicyclic) bond motifs is 1. The van der Waals surface area contributed by atoms with Gasteiger partial charge in [0.1, 0.15) is 18.0 Å². The van der Waals surface area contributed by atoms with Gasteiger partial charge in [0.05, 0.1) is 18.1 Å². The first kappa shape index (κ1) is 17.6. The van der Waals surface area contributed by atoms with Crippen molar-refractivity contribution >= 4 is 22.5 Å². The molecule has 1 aliphatic heterocycles. The zero-order valence-electron chi connectivity index (χ0n) is 15.2. The number of halogens is 1. The number of aromatic nitrogens is 4. The zero-order chi connectivity index (χ0) is 18.6. The van der Waals surface area contributed by atoms with Crippen LogP contribution >= 0.6 is 0 Å². The molecule has 2 aromatic heterocycles. The summed E-state index contributed by atoms with van der Waals surface area (Å²) in [5, 5.41) is 8.39. The van der Waals surface area contributed by atoms with Gasteiger partial charge in [-0.05, 0) is 38.1 Å². The van der Waals surface area contributed by atoms with Crippen LogP contribution in [0.15, 0.2) is 43.4 Å². The Balaban J connectivity index is 1.52. The van der Waals surface area contributed by atoms with Gasteiger partial charge in [0, 0.05) is 17.8 Å². The monoisotopic (exact) mass is 366 g/mol. The average molecular weight is 366 g/mol. The van der Waals surface area contributed by atoms with E-state index in [1.54, 1.807) is 24.4 Å². The normalized spacial score (nSPS) is 15.1. The highest BCUT2D eigenvalue weighted by atomic mass is 19.1. The summed E-state index contributed by atoms with van der Waals surface area (Å²) in [5.41, 5.74) is 1.64. The molecule has 1 aromatic carbocycles. The molecule has 0 bridgehead atoms. The molecule has 1 aliphatic rings. The Labute approximate surface area is 157 Å². The van der Waals surface area contributed by atoms with E-state index in [0.29, 0.717) is 17.1 Å². The van der Waals surface area contributed by atoms with E-state index < -0.39 is 0 Å². The molecule has 27 heavy (non-hydrogen) atoms. The molecule has 4 rings (SSSR count). The Morgan fingerprint density at radius 1 is 1.11 bits per heavy atom. The van der Waals surface area contributed by atoms with Crippen LogP contribution in [0.25, 0.3) is 16.7 Å². The highest BCUT2D eigenvalue weighted by Crippen LogP contribution is 2.24. The van der Waals surface area contributed by atoms with Crippen LogP contribution < -0.4 is 5.32 Å². The Hall–Kier alpha value is -2.80. The minimum atomic E-state index is -0.322. The lowest BCUT2D eigenvalue weighted by molar-refractivity contribution is 0.219. The number of piperidine rings is 1. The van der Waals surface area contributed by atoms with Gasteiger partial charge in [-0.15, -0.1) is 0 Å². The molecule has 0 unspecified atom stereocenters. The molecule has 140 valence electrons. The van der Waals surface area contributed by atoms with Crippen LogP contribution in [0.1, 0.15) is 24.8 Å². The molecule has 3 aromatic rings. The van der Waals surface area contributed by atoms with E-state index in [4.69, 9.17) is 0 Å². The van der Waals surface area contributed by atoms with Crippen LogP contribution in [0.2, 0.25) is 0 Å². The molecule has 3 heterocycles. The minimum Gasteiger partial charge on any atom is -0.339 e. The fourth-order valence-corrected chi connectivity index (χ4v) is 3.49. The van der Waals surface area contributed by atoms with Gasteiger partial charge in [0.2, 0.25) is 0 Å². The first-order chi connectivity index (χ1) is 13.2. The summed E-state index contributed by atoms with van der Waals surface area (Å²) in [6.07, 6.45) is 7.12. The van der Waals surface area contributed by atoms with E-state index in [0.717, 1.165) is 37.2 Å². The quantitative estimate of drug-likeness (QED) is 0.723. The van der Waals surface area contributed by atoms with E-state index in [1.807, 2.05) is 4.68 Å². The van der Waals surface area contributed by atoms with E-state index in [-0.39, 0.29) is 5.82 Å². The molecule has 0 aliphatic carbocycles. The summed E-state index contributed by atoms with van der Waals surface area (Å²) in [5.74, 6) is 0.259. The van der Waals surface area contributed by atoms with Crippen LogP contribution in [0.5, 0.6) is 0 Å². The van der Waals surface area contributed by atoms with Crippen molar-refractivity contribution < 1.29 is 4.39 Å². The number of rotatable bonds is 6. The number of anilines is 1. The molecule has 0 radical (unpaired) electrons. The molecule has 1 N–H and O–H groups in total. The van der Waals surface area contributed by atoms with Crippen molar-refractivity contribution in [1.82, 2.24) is 24.6 Å². The van der Waals surface area contributed by atoms with Crippen LogP contribution in [-0.4, -0.2) is 44.3 Å². The molecule has 0 saturated carbocycles. The van der Waals surface area contributed by atoms with Gasteiger partial charge in [-0.2, -0.15) is 5.10 Å². The summed E-state index contributed by atoms with van der Waals surface area (Å²) in [6, 6.07) is 6.53. The highest BCUT2D eigenvalue weighted by Gasteiger charge is 2.14. The van der Waals surface area contributed by atoms with Gasteiger partial charge >= 0.3 is 0 Å². The lowest BCUT2D eigenvalue weighted by atomic mass is 10.1. The summed E-state index contributed by atoms with van der Waals surface area (Å²) >= 11 is 0. The standard InChI is InChI=1S/C20H23FN6/c1-15(16-7-3-4-8-18(16)21)25-19-17-13-24-27(20(17)23-14-22-19)12-11-26-9-5-2-6-10-26/h3-4,7-8,13-14H,1-2,5-6,9-12H2,(H,22,23,25). The van der Waals surface area contributed by atoms with Gasteiger partial charge in [0.15, 0.2) is 5.65 Å². The Morgan fingerprint density at radius 2 is 1.93 bits per heavy atom. The van der Waals surface area contributed by atoms with Gasteiger partial charge in [-0.1, -0.05) is 25.1 Å². The SMILES string of the molecule is C=C(Nc1ncnc2c1cnn2CCN1CCCCC1)c1ccccc1F. The van der Waals surface area contributed by atoms with Gasteiger partial charge in [0.25, 0.3) is 0 Å². The largest absolute Gasteiger partial charge is 0.339 e. The molecule has 0 amide bonds. The Kier molecular flexibility index (Phi) is 5.11. The van der Waals surface area contributed by atoms with Gasteiger partial charge in [-0.3, -0.25) is 0 Å². The molecule has 0 atom stereocenters. The van der Waals surface area contributed by atoms with E-state index in [2.05, 4.69) is 31.9 Å². The maximum atomic E-state index is 14.0. The molecular formula is C20H23FN6. The number of benzene rings is 1. The summed E-state index contributed by atoms with van der Waals surface area (Å²) in [6.45, 7) is 8.01. The van der Waals surface area contributed by atoms with Crippen molar-refractivity contribution in [1.29, 1.82) is 0 Å². The fourth-order valence-electron chi connectivity index (χ4n) is 3.49. The number of likely N-dealkylation sites (tertiary alicyclic amines) is 1. The van der Waals surface area contributed by atoms with Crippen LogP contribution in [0, 0.1) is 5.82 Å².